The number of hydrogen-bond donors (Lipinski definition) is 3. The lowest BCUT2D eigenvalue weighted by Gasteiger charge is -2.05. The topological polar surface area (TPSA) is 95.3 Å². The Hall–Kier alpha value is -2.63. The third-order valence-corrected chi connectivity index (χ3v) is 2.02. The molecule has 6 nitrogen and oxygen atoms in total. The molecule has 0 saturated heterocycles. The van der Waals surface area contributed by atoms with Gasteiger partial charge in [0.1, 0.15) is 11.5 Å². The van der Waals surface area contributed by atoms with Gasteiger partial charge in [0.15, 0.2) is 0 Å². The van der Waals surface area contributed by atoms with Crippen molar-refractivity contribution >= 4 is 11.9 Å². The largest absolute Gasteiger partial charge is 0.508 e. The Morgan fingerprint density at radius 2 is 1.88 bits per heavy atom. The number of hydrogen-bond acceptors (Lipinski definition) is 5. The second-order valence-electron chi connectivity index (χ2n) is 3.23. The number of carbonyl (C=O) groups is 1. The van der Waals surface area contributed by atoms with E-state index in [0.717, 1.165) is 6.07 Å². The smallest absolute Gasteiger partial charge is 0.261 e. The third-order valence-electron chi connectivity index (χ3n) is 2.02. The number of rotatable bonds is 2. The van der Waals surface area contributed by atoms with Crippen molar-refractivity contribution < 1.29 is 15.0 Å². The van der Waals surface area contributed by atoms with Crippen LogP contribution in [0.25, 0.3) is 0 Å². The van der Waals surface area contributed by atoms with Crippen LogP contribution >= 0.6 is 0 Å². The van der Waals surface area contributed by atoms with Crippen LogP contribution in [0.5, 0.6) is 11.5 Å². The molecule has 0 atom stereocenters. The highest BCUT2D eigenvalue weighted by molar-refractivity contribution is 6.05. The predicted molar refractivity (Wildman–Crippen MR) is 59.8 cm³/mol. The van der Waals surface area contributed by atoms with Crippen molar-refractivity contribution in [1.82, 2.24) is 9.97 Å². The second-order valence-corrected chi connectivity index (χ2v) is 3.23. The van der Waals surface area contributed by atoms with E-state index in [-0.39, 0.29) is 23.0 Å². The minimum atomic E-state index is -0.593. The molecule has 6 heteroatoms. The lowest BCUT2D eigenvalue weighted by molar-refractivity contribution is 0.102. The average molecular weight is 231 g/mol. The molecule has 1 amide bonds. The Kier molecular flexibility index (Phi) is 2.87. The van der Waals surface area contributed by atoms with Crippen LogP contribution in [-0.4, -0.2) is 26.1 Å². The molecule has 0 unspecified atom stereocenters. The Balaban J connectivity index is 2.23. The van der Waals surface area contributed by atoms with Gasteiger partial charge in [-0.05, 0) is 24.3 Å². The summed E-state index contributed by atoms with van der Waals surface area (Å²) in [6, 6.07) is 5.29. The number of benzene rings is 1. The van der Waals surface area contributed by atoms with E-state index >= 15 is 0 Å². The minimum Gasteiger partial charge on any atom is -0.508 e. The molecule has 2 aromatic rings. The Labute approximate surface area is 96.6 Å². The number of amides is 1. The van der Waals surface area contributed by atoms with E-state index in [1.807, 2.05) is 0 Å². The standard InChI is InChI=1S/C11H9N3O3/c15-7-2-3-9(16)8(6-7)10(17)14-11-12-4-1-5-13-11/h1-6,15-16H,(H,12,13,14,17). The molecule has 0 fully saturated rings. The maximum absolute atomic E-state index is 11.7. The van der Waals surface area contributed by atoms with Crippen LogP contribution in [0.15, 0.2) is 36.7 Å². The molecule has 1 heterocycles. The van der Waals surface area contributed by atoms with Gasteiger partial charge >= 0.3 is 0 Å². The highest BCUT2D eigenvalue weighted by Crippen LogP contribution is 2.22. The van der Waals surface area contributed by atoms with Crippen LogP contribution in [-0.2, 0) is 0 Å². The molecular weight excluding hydrogens is 222 g/mol. The van der Waals surface area contributed by atoms with Crippen molar-refractivity contribution in [3.63, 3.8) is 0 Å². The first-order valence-corrected chi connectivity index (χ1v) is 4.77. The number of carbonyl (C=O) groups excluding carboxylic acids is 1. The molecule has 0 radical (unpaired) electrons. The van der Waals surface area contributed by atoms with Crippen molar-refractivity contribution in [3.05, 3.63) is 42.2 Å². The monoisotopic (exact) mass is 231 g/mol. The Morgan fingerprint density at radius 3 is 2.59 bits per heavy atom. The molecule has 17 heavy (non-hydrogen) atoms. The number of nitrogens with one attached hydrogen (secondary N) is 1. The summed E-state index contributed by atoms with van der Waals surface area (Å²) in [7, 11) is 0. The van der Waals surface area contributed by atoms with Crippen LogP contribution in [0, 0.1) is 0 Å². The number of aromatic nitrogens is 2. The van der Waals surface area contributed by atoms with Gasteiger partial charge in [-0.15, -0.1) is 0 Å². The summed E-state index contributed by atoms with van der Waals surface area (Å²) in [5, 5.41) is 21.1. The molecule has 3 N–H and O–H groups in total. The van der Waals surface area contributed by atoms with Crippen LogP contribution in [0.3, 0.4) is 0 Å². The number of phenolic OH excluding ortho intramolecular Hbond substituents is 2. The van der Waals surface area contributed by atoms with E-state index in [0.29, 0.717) is 0 Å². The molecule has 1 aromatic heterocycles. The summed E-state index contributed by atoms with van der Waals surface area (Å²) in [4.78, 5) is 19.3. The van der Waals surface area contributed by atoms with E-state index in [4.69, 9.17) is 0 Å². The first-order chi connectivity index (χ1) is 8.16. The fourth-order valence-corrected chi connectivity index (χ4v) is 1.24. The molecule has 0 aliphatic rings. The summed E-state index contributed by atoms with van der Waals surface area (Å²) < 4.78 is 0. The number of anilines is 1. The van der Waals surface area contributed by atoms with Gasteiger partial charge in [-0.3, -0.25) is 10.1 Å². The maximum Gasteiger partial charge on any atom is 0.261 e. The zero-order valence-electron chi connectivity index (χ0n) is 8.66. The van der Waals surface area contributed by atoms with Gasteiger partial charge in [-0.25, -0.2) is 9.97 Å². The predicted octanol–water partition coefficient (Wildman–Crippen LogP) is 1.14. The zero-order valence-corrected chi connectivity index (χ0v) is 8.66. The average Bonchev–Trinajstić information content (AvgIpc) is 2.33. The van der Waals surface area contributed by atoms with Crippen LogP contribution in [0.1, 0.15) is 10.4 Å². The summed E-state index contributed by atoms with van der Waals surface area (Å²) in [6.45, 7) is 0. The van der Waals surface area contributed by atoms with E-state index in [1.165, 1.54) is 24.5 Å². The van der Waals surface area contributed by atoms with Crippen molar-refractivity contribution in [3.8, 4) is 11.5 Å². The molecular formula is C11H9N3O3. The van der Waals surface area contributed by atoms with Crippen molar-refractivity contribution in [1.29, 1.82) is 0 Å². The van der Waals surface area contributed by atoms with Gasteiger partial charge in [0.05, 0.1) is 5.56 Å². The van der Waals surface area contributed by atoms with E-state index in [2.05, 4.69) is 15.3 Å². The second kappa shape index (κ2) is 4.48. The maximum atomic E-state index is 11.7. The van der Waals surface area contributed by atoms with Crippen LogP contribution in [0.2, 0.25) is 0 Å². The third kappa shape index (κ3) is 2.49. The number of nitrogens with zero attached hydrogens (tertiary/aromatic N) is 2. The lowest BCUT2D eigenvalue weighted by atomic mass is 10.2. The van der Waals surface area contributed by atoms with Gasteiger partial charge in [0.2, 0.25) is 5.95 Å². The summed E-state index contributed by atoms with van der Waals surface area (Å²) >= 11 is 0. The summed E-state index contributed by atoms with van der Waals surface area (Å²) in [6.07, 6.45) is 2.95. The molecule has 2 rings (SSSR count). The van der Waals surface area contributed by atoms with Gasteiger partial charge in [0, 0.05) is 12.4 Å². The van der Waals surface area contributed by atoms with Crippen LogP contribution < -0.4 is 5.32 Å². The van der Waals surface area contributed by atoms with Gasteiger partial charge in [-0.1, -0.05) is 0 Å². The van der Waals surface area contributed by atoms with Crippen molar-refractivity contribution in [2.24, 2.45) is 0 Å². The highest BCUT2D eigenvalue weighted by Gasteiger charge is 2.12. The Morgan fingerprint density at radius 1 is 1.18 bits per heavy atom. The molecule has 0 saturated carbocycles. The molecule has 0 aliphatic heterocycles. The number of aromatic hydroxyl groups is 2. The van der Waals surface area contributed by atoms with Crippen molar-refractivity contribution in [2.75, 3.05) is 5.32 Å². The normalized spacial score (nSPS) is 9.88. The number of phenols is 2. The molecule has 1 aromatic carbocycles. The van der Waals surface area contributed by atoms with Gasteiger partial charge in [0.25, 0.3) is 5.91 Å². The molecule has 0 spiro atoms. The quantitative estimate of drug-likeness (QED) is 0.673. The SMILES string of the molecule is O=C(Nc1ncccn1)c1cc(O)ccc1O. The van der Waals surface area contributed by atoms with E-state index < -0.39 is 5.91 Å². The highest BCUT2D eigenvalue weighted by atomic mass is 16.3. The van der Waals surface area contributed by atoms with E-state index in [1.54, 1.807) is 6.07 Å². The van der Waals surface area contributed by atoms with Gasteiger partial charge < -0.3 is 10.2 Å². The first-order valence-electron chi connectivity index (χ1n) is 4.77. The summed E-state index contributed by atoms with van der Waals surface area (Å²) in [5.41, 5.74) is -0.0440. The molecule has 0 aliphatic carbocycles. The van der Waals surface area contributed by atoms with E-state index in [9.17, 15) is 15.0 Å². The molecule has 86 valence electrons. The zero-order chi connectivity index (χ0) is 12.3. The van der Waals surface area contributed by atoms with Gasteiger partial charge in [-0.2, -0.15) is 0 Å². The lowest BCUT2D eigenvalue weighted by Crippen LogP contribution is -2.14. The minimum absolute atomic E-state index is 0.0440. The van der Waals surface area contributed by atoms with Crippen LogP contribution in [0.4, 0.5) is 5.95 Å². The Bertz CT molecular complexity index is 543. The fraction of sp³-hybridized carbons (Fsp3) is 0. The van der Waals surface area contributed by atoms with Crippen molar-refractivity contribution in [2.45, 2.75) is 0 Å². The summed E-state index contributed by atoms with van der Waals surface area (Å²) in [5.74, 6) is -0.803. The fourth-order valence-electron chi connectivity index (χ4n) is 1.24. The molecule has 0 bridgehead atoms. The first kappa shape index (κ1) is 10.9.